The van der Waals surface area contributed by atoms with Gasteiger partial charge in [-0.1, -0.05) is 12.1 Å². The Labute approximate surface area is 206 Å². The van der Waals surface area contributed by atoms with Gasteiger partial charge < -0.3 is 19.5 Å². The lowest BCUT2D eigenvalue weighted by atomic mass is 9.95. The fourth-order valence-electron chi connectivity index (χ4n) is 5.60. The lowest BCUT2D eigenvalue weighted by Crippen LogP contribution is -2.41. The molecule has 0 aromatic heterocycles. The predicted octanol–water partition coefficient (Wildman–Crippen LogP) is 3.32. The van der Waals surface area contributed by atoms with Crippen molar-refractivity contribution in [1.29, 1.82) is 0 Å². The van der Waals surface area contributed by atoms with Crippen LogP contribution in [0.15, 0.2) is 24.3 Å². The summed E-state index contributed by atoms with van der Waals surface area (Å²) in [6.45, 7) is 10.2. The molecule has 1 N–H and O–H groups in total. The summed E-state index contributed by atoms with van der Waals surface area (Å²) in [6, 6.07) is 7.64. The number of aliphatic hydroxyl groups is 1. The number of hydrogen-bond donors (Lipinski definition) is 1. The molecular formula is C28H34N2O5. The van der Waals surface area contributed by atoms with Crippen LogP contribution in [0, 0.1) is 13.8 Å². The number of β-amino-alcohol motifs (C(OH)–C–C–N with tert-alkyl or cyclic N) is 1. The molecule has 186 valence electrons. The highest BCUT2D eigenvalue weighted by molar-refractivity contribution is 5.94. The van der Waals surface area contributed by atoms with Crippen molar-refractivity contribution in [1.82, 2.24) is 9.80 Å². The lowest BCUT2D eigenvalue weighted by Gasteiger charge is -2.32. The SMILES string of the molecule is Cc1c(CCN2CCCCN(CC(O)c3ccc4c(c3C)COC4=O)CC2)ccc2c1COC2=O. The van der Waals surface area contributed by atoms with Gasteiger partial charge in [0.25, 0.3) is 0 Å². The van der Waals surface area contributed by atoms with Crippen molar-refractivity contribution in [3.05, 3.63) is 68.8 Å². The smallest absolute Gasteiger partial charge is 0.338 e. The Morgan fingerprint density at radius 1 is 0.829 bits per heavy atom. The molecule has 0 radical (unpaired) electrons. The van der Waals surface area contributed by atoms with E-state index >= 15 is 0 Å². The first-order valence-corrected chi connectivity index (χ1v) is 12.6. The van der Waals surface area contributed by atoms with Crippen LogP contribution in [0.1, 0.15) is 73.0 Å². The highest BCUT2D eigenvalue weighted by atomic mass is 16.5. The van der Waals surface area contributed by atoms with Crippen LogP contribution < -0.4 is 0 Å². The monoisotopic (exact) mass is 478 g/mol. The van der Waals surface area contributed by atoms with E-state index < -0.39 is 6.10 Å². The number of aliphatic hydroxyl groups excluding tert-OH is 1. The molecule has 2 aromatic carbocycles. The van der Waals surface area contributed by atoms with Crippen LogP contribution in [0.3, 0.4) is 0 Å². The molecule has 1 fully saturated rings. The molecule has 7 heteroatoms. The standard InChI is InChI=1S/C28H34N2O5/c1-18-20(5-6-22-24(18)16-34-27(22)32)9-12-29-10-3-4-11-30(14-13-29)15-26(31)21-7-8-23-25(19(21)2)17-35-28(23)33/h5-8,26,31H,3-4,9-17H2,1-2H3. The molecule has 7 nitrogen and oxygen atoms in total. The van der Waals surface area contributed by atoms with Crippen LogP contribution in [0.5, 0.6) is 0 Å². The van der Waals surface area contributed by atoms with E-state index in [0.29, 0.717) is 30.9 Å². The Hall–Kier alpha value is -2.74. The van der Waals surface area contributed by atoms with Gasteiger partial charge in [0.15, 0.2) is 0 Å². The molecule has 3 aliphatic rings. The van der Waals surface area contributed by atoms with Crippen molar-refractivity contribution in [2.24, 2.45) is 0 Å². The van der Waals surface area contributed by atoms with Gasteiger partial charge in [0.05, 0.1) is 17.2 Å². The van der Waals surface area contributed by atoms with E-state index in [0.717, 1.165) is 74.2 Å². The maximum absolute atomic E-state index is 11.8. The molecule has 1 saturated heterocycles. The second-order valence-corrected chi connectivity index (χ2v) is 9.95. The van der Waals surface area contributed by atoms with Gasteiger partial charge in [-0.15, -0.1) is 0 Å². The molecule has 1 unspecified atom stereocenters. The van der Waals surface area contributed by atoms with Gasteiger partial charge in [0, 0.05) is 37.3 Å². The number of benzene rings is 2. The maximum Gasteiger partial charge on any atom is 0.338 e. The van der Waals surface area contributed by atoms with E-state index in [1.54, 1.807) is 6.07 Å². The van der Waals surface area contributed by atoms with Crippen LogP contribution in [-0.2, 0) is 29.1 Å². The molecule has 35 heavy (non-hydrogen) atoms. The number of carbonyl (C=O) groups is 2. The first-order chi connectivity index (χ1) is 16.9. The number of esters is 2. The third-order valence-corrected chi connectivity index (χ3v) is 7.90. The van der Waals surface area contributed by atoms with Crippen LogP contribution in [0.25, 0.3) is 0 Å². The summed E-state index contributed by atoms with van der Waals surface area (Å²) in [7, 11) is 0. The predicted molar refractivity (Wildman–Crippen MR) is 131 cm³/mol. The molecule has 5 rings (SSSR count). The first-order valence-electron chi connectivity index (χ1n) is 12.6. The summed E-state index contributed by atoms with van der Waals surface area (Å²) in [6.07, 6.45) is 2.59. The summed E-state index contributed by atoms with van der Waals surface area (Å²) in [5.41, 5.74) is 7.60. The van der Waals surface area contributed by atoms with Crippen molar-refractivity contribution in [3.63, 3.8) is 0 Å². The van der Waals surface area contributed by atoms with Crippen molar-refractivity contribution in [2.45, 2.75) is 52.4 Å². The summed E-state index contributed by atoms with van der Waals surface area (Å²) in [5, 5.41) is 11.0. The quantitative estimate of drug-likeness (QED) is 0.638. The van der Waals surface area contributed by atoms with Gasteiger partial charge in [-0.3, -0.25) is 4.90 Å². The highest BCUT2D eigenvalue weighted by Gasteiger charge is 2.27. The number of nitrogens with zero attached hydrogens (tertiary/aromatic N) is 2. The number of ether oxygens (including phenoxy) is 2. The molecule has 0 saturated carbocycles. The minimum atomic E-state index is -0.595. The van der Waals surface area contributed by atoms with Gasteiger partial charge in [-0.2, -0.15) is 0 Å². The second-order valence-electron chi connectivity index (χ2n) is 9.95. The Balaban J connectivity index is 1.18. The average molecular weight is 479 g/mol. The van der Waals surface area contributed by atoms with Crippen molar-refractivity contribution in [3.8, 4) is 0 Å². The van der Waals surface area contributed by atoms with Gasteiger partial charge in [0.2, 0.25) is 0 Å². The summed E-state index contributed by atoms with van der Waals surface area (Å²) in [5.74, 6) is -0.484. The minimum absolute atomic E-state index is 0.211. The summed E-state index contributed by atoms with van der Waals surface area (Å²) < 4.78 is 10.4. The zero-order valence-electron chi connectivity index (χ0n) is 20.6. The molecule has 2 aromatic rings. The van der Waals surface area contributed by atoms with E-state index in [1.165, 1.54) is 11.1 Å². The summed E-state index contributed by atoms with van der Waals surface area (Å²) >= 11 is 0. The minimum Gasteiger partial charge on any atom is -0.457 e. The van der Waals surface area contributed by atoms with Crippen LogP contribution in [-0.4, -0.2) is 66.1 Å². The molecule has 0 amide bonds. The van der Waals surface area contributed by atoms with Gasteiger partial charge in [0.1, 0.15) is 13.2 Å². The van der Waals surface area contributed by atoms with Gasteiger partial charge in [-0.05, 0) is 80.6 Å². The number of hydrogen-bond acceptors (Lipinski definition) is 7. The number of fused-ring (bicyclic) bond motifs is 2. The van der Waals surface area contributed by atoms with E-state index in [1.807, 2.05) is 19.1 Å². The molecular weight excluding hydrogens is 444 g/mol. The Kier molecular flexibility index (Phi) is 6.91. The van der Waals surface area contributed by atoms with E-state index in [-0.39, 0.29) is 11.9 Å². The average Bonchev–Trinajstić information content (AvgIpc) is 3.40. The van der Waals surface area contributed by atoms with Crippen LogP contribution in [0.4, 0.5) is 0 Å². The summed E-state index contributed by atoms with van der Waals surface area (Å²) in [4.78, 5) is 28.5. The van der Waals surface area contributed by atoms with Crippen molar-refractivity contribution >= 4 is 11.9 Å². The van der Waals surface area contributed by atoms with Crippen LogP contribution in [0.2, 0.25) is 0 Å². The molecule has 0 spiro atoms. The van der Waals surface area contributed by atoms with Gasteiger partial charge >= 0.3 is 11.9 Å². The van der Waals surface area contributed by atoms with Gasteiger partial charge in [-0.25, -0.2) is 9.59 Å². The molecule has 0 bridgehead atoms. The number of carbonyl (C=O) groups excluding carboxylic acids is 2. The fourth-order valence-corrected chi connectivity index (χ4v) is 5.60. The molecule has 3 aliphatic heterocycles. The zero-order chi connectivity index (χ0) is 24.5. The third-order valence-electron chi connectivity index (χ3n) is 7.90. The molecule has 1 atom stereocenters. The second kappa shape index (κ2) is 10.1. The maximum atomic E-state index is 11.8. The van der Waals surface area contributed by atoms with E-state index in [2.05, 4.69) is 22.8 Å². The normalized spacial score (nSPS) is 19.5. The largest absolute Gasteiger partial charge is 0.457 e. The Morgan fingerprint density at radius 3 is 2.14 bits per heavy atom. The highest BCUT2D eigenvalue weighted by Crippen LogP contribution is 2.30. The number of rotatable bonds is 6. The van der Waals surface area contributed by atoms with E-state index in [9.17, 15) is 14.7 Å². The molecule has 0 aliphatic carbocycles. The zero-order valence-corrected chi connectivity index (χ0v) is 20.6. The van der Waals surface area contributed by atoms with Crippen molar-refractivity contribution < 1.29 is 24.2 Å². The van der Waals surface area contributed by atoms with E-state index in [4.69, 9.17) is 9.47 Å². The topological polar surface area (TPSA) is 79.3 Å². The van der Waals surface area contributed by atoms with Crippen molar-refractivity contribution in [2.75, 3.05) is 39.3 Å². The Bertz CT molecular complexity index is 1140. The number of cyclic esters (lactones) is 2. The third kappa shape index (κ3) is 4.85. The molecule has 3 heterocycles. The first kappa shape index (κ1) is 24.0. The fraction of sp³-hybridized carbons (Fsp3) is 0.500. The van der Waals surface area contributed by atoms with Crippen LogP contribution >= 0.6 is 0 Å². The lowest BCUT2D eigenvalue weighted by molar-refractivity contribution is 0.0526. The Morgan fingerprint density at radius 2 is 1.43 bits per heavy atom.